The molecule has 1 aromatic rings. The maximum absolute atomic E-state index is 12.7. The van der Waals surface area contributed by atoms with Gasteiger partial charge in [-0.3, -0.25) is 0 Å². The van der Waals surface area contributed by atoms with E-state index in [2.05, 4.69) is 5.32 Å². The quantitative estimate of drug-likeness (QED) is 0.840. The van der Waals surface area contributed by atoms with E-state index in [4.69, 9.17) is 16.7 Å². The fourth-order valence-electron chi connectivity index (χ4n) is 1.29. The lowest BCUT2D eigenvalue weighted by Gasteiger charge is -2.14. The van der Waals surface area contributed by atoms with Crippen molar-refractivity contribution < 1.29 is 13.9 Å². The molecule has 0 fully saturated rings. The monoisotopic (exact) mass is 249 g/mol. The van der Waals surface area contributed by atoms with Crippen molar-refractivity contribution in [2.24, 2.45) is 0 Å². The molecule has 1 aromatic carbocycles. The minimum Gasteiger partial charge on any atom is -0.390 e. The van der Waals surface area contributed by atoms with E-state index < -0.39 is 19.1 Å². The van der Waals surface area contributed by atoms with Crippen LogP contribution in [0.15, 0.2) is 18.2 Å². The van der Waals surface area contributed by atoms with Crippen LogP contribution in [0.4, 0.5) is 8.78 Å². The summed E-state index contributed by atoms with van der Waals surface area (Å²) in [6.07, 6.45) is 0. The van der Waals surface area contributed by atoms with Gasteiger partial charge < -0.3 is 10.4 Å². The Morgan fingerprint density at radius 3 is 2.69 bits per heavy atom. The van der Waals surface area contributed by atoms with Gasteiger partial charge in [-0.2, -0.15) is 0 Å². The van der Waals surface area contributed by atoms with Crippen LogP contribution in [0.3, 0.4) is 0 Å². The van der Waals surface area contributed by atoms with Crippen LogP contribution in [0.1, 0.15) is 11.1 Å². The van der Waals surface area contributed by atoms with E-state index in [1.165, 1.54) is 0 Å². The largest absolute Gasteiger partial charge is 0.390 e. The zero-order chi connectivity index (χ0) is 12.2. The number of benzene rings is 1. The lowest BCUT2D eigenvalue weighted by atomic mass is 10.1. The molecule has 90 valence electrons. The predicted octanol–water partition coefficient (Wildman–Crippen LogP) is 2.37. The molecule has 0 aromatic heterocycles. The lowest BCUT2D eigenvalue weighted by molar-refractivity contribution is -0.0477. The summed E-state index contributed by atoms with van der Waals surface area (Å²) in [5.74, 6) is -3.07. The Kier molecular flexibility index (Phi) is 4.65. The number of halogens is 3. The summed E-state index contributed by atoms with van der Waals surface area (Å²) in [5, 5.41) is 11.6. The number of rotatable bonds is 5. The molecule has 5 heteroatoms. The molecule has 0 saturated heterocycles. The fourth-order valence-corrected chi connectivity index (χ4v) is 1.52. The third-order valence-corrected chi connectivity index (χ3v) is 2.47. The van der Waals surface area contributed by atoms with E-state index in [0.717, 1.165) is 11.1 Å². The molecule has 0 unspecified atom stereocenters. The molecule has 0 saturated carbocycles. The van der Waals surface area contributed by atoms with Gasteiger partial charge in [0.05, 0.1) is 6.54 Å². The molecule has 1 rings (SSSR count). The first-order valence-corrected chi connectivity index (χ1v) is 5.27. The first kappa shape index (κ1) is 13.4. The summed E-state index contributed by atoms with van der Waals surface area (Å²) in [6.45, 7) is 0.525. The summed E-state index contributed by atoms with van der Waals surface area (Å²) in [7, 11) is 0. The van der Waals surface area contributed by atoms with Gasteiger partial charge >= 0.3 is 0 Å². The molecule has 0 amide bonds. The van der Waals surface area contributed by atoms with Crippen molar-refractivity contribution in [1.82, 2.24) is 5.32 Å². The Morgan fingerprint density at radius 1 is 1.44 bits per heavy atom. The SMILES string of the molecule is Cc1cc(Cl)ccc1CNCC(F)(F)CO. The molecule has 0 radical (unpaired) electrons. The van der Waals surface area contributed by atoms with E-state index in [9.17, 15) is 8.78 Å². The average molecular weight is 250 g/mol. The number of hydrogen-bond acceptors (Lipinski definition) is 2. The van der Waals surface area contributed by atoms with Crippen LogP contribution in [0.25, 0.3) is 0 Å². The van der Waals surface area contributed by atoms with Gasteiger partial charge in [0.25, 0.3) is 5.92 Å². The molecule has 2 N–H and O–H groups in total. The summed E-state index contributed by atoms with van der Waals surface area (Å²) in [5.41, 5.74) is 1.87. The number of alkyl halides is 2. The Hall–Kier alpha value is -0.710. The highest BCUT2D eigenvalue weighted by molar-refractivity contribution is 6.30. The standard InChI is InChI=1S/C11H14ClF2NO/c1-8-4-10(12)3-2-9(8)5-15-6-11(13,14)7-16/h2-4,15-16H,5-7H2,1H3. The average Bonchev–Trinajstić information content (AvgIpc) is 2.21. The van der Waals surface area contributed by atoms with Gasteiger partial charge in [0, 0.05) is 11.6 Å². The Morgan fingerprint density at radius 2 is 2.12 bits per heavy atom. The van der Waals surface area contributed by atoms with E-state index in [1.807, 2.05) is 6.92 Å². The van der Waals surface area contributed by atoms with Gasteiger partial charge in [-0.1, -0.05) is 17.7 Å². The van der Waals surface area contributed by atoms with E-state index in [0.29, 0.717) is 11.6 Å². The zero-order valence-electron chi connectivity index (χ0n) is 8.93. The summed E-state index contributed by atoms with van der Waals surface area (Å²) < 4.78 is 25.4. The van der Waals surface area contributed by atoms with Crippen molar-refractivity contribution in [1.29, 1.82) is 0 Å². The third kappa shape index (κ3) is 4.04. The fraction of sp³-hybridized carbons (Fsp3) is 0.455. The maximum Gasteiger partial charge on any atom is 0.282 e. The normalized spacial score (nSPS) is 11.8. The van der Waals surface area contributed by atoms with Crippen LogP contribution in [0.5, 0.6) is 0 Å². The highest BCUT2D eigenvalue weighted by Crippen LogP contribution is 2.15. The van der Waals surface area contributed by atoms with Crippen molar-refractivity contribution in [2.75, 3.05) is 13.2 Å². The molecule has 0 spiro atoms. The summed E-state index contributed by atoms with van der Waals surface area (Å²) >= 11 is 5.77. The number of aliphatic hydroxyl groups excluding tert-OH is 1. The molecular formula is C11H14ClF2NO. The van der Waals surface area contributed by atoms with Crippen molar-refractivity contribution in [3.63, 3.8) is 0 Å². The van der Waals surface area contributed by atoms with E-state index in [1.54, 1.807) is 18.2 Å². The molecule has 0 atom stereocenters. The van der Waals surface area contributed by atoms with Crippen molar-refractivity contribution in [3.8, 4) is 0 Å². The summed E-state index contributed by atoms with van der Waals surface area (Å²) in [4.78, 5) is 0. The van der Waals surface area contributed by atoms with Crippen LogP contribution < -0.4 is 5.32 Å². The van der Waals surface area contributed by atoms with Gasteiger partial charge in [-0.05, 0) is 30.2 Å². The molecule has 0 aliphatic rings. The highest BCUT2D eigenvalue weighted by Gasteiger charge is 2.26. The highest BCUT2D eigenvalue weighted by atomic mass is 35.5. The molecule has 0 aliphatic carbocycles. The maximum atomic E-state index is 12.7. The number of hydrogen-bond donors (Lipinski definition) is 2. The molecule has 2 nitrogen and oxygen atoms in total. The first-order chi connectivity index (χ1) is 7.44. The van der Waals surface area contributed by atoms with Gasteiger partial charge in [0.2, 0.25) is 0 Å². The second-order valence-corrected chi connectivity index (χ2v) is 4.12. The second kappa shape index (κ2) is 5.57. The molecule has 0 heterocycles. The lowest BCUT2D eigenvalue weighted by Crippen LogP contribution is -2.35. The number of nitrogens with one attached hydrogen (secondary N) is 1. The number of aryl methyl sites for hydroxylation is 1. The van der Waals surface area contributed by atoms with Gasteiger partial charge in [-0.15, -0.1) is 0 Å². The van der Waals surface area contributed by atoms with Crippen LogP contribution in [-0.2, 0) is 6.54 Å². The van der Waals surface area contributed by atoms with Crippen LogP contribution in [-0.4, -0.2) is 24.2 Å². The second-order valence-electron chi connectivity index (χ2n) is 3.69. The minimum atomic E-state index is -3.07. The molecule has 0 aliphatic heterocycles. The topological polar surface area (TPSA) is 32.3 Å². The number of aliphatic hydroxyl groups is 1. The van der Waals surface area contributed by atoms with Crippen LogP contribution in [0.2, 0.25) is 5.02 Å². The van der Waals surface area contributed by atoms with Gasteiger partial charge in [0.15, 0.2) is 0 Å². The predicted molar refractivity (Wildman–Crippen MR) is 59.9 cm³/mol. The van der Waals surface area contributed by atoms with Crippen molar-refractivity contribution >= 4 is 11.6 Å². The smallest absolute Gasteiger partial charge is 0.282 e. The van der Waals surface area contributed by atoms with Crippen molar-refractivity contribution in [3.05, 3.63) is 34.3 Å². The molecule has 0 bridgehead atoms. The molecule has 16 heavy (non-hydrogen) atoms. The first-order valence-electron chi connectivity index (χ1n) is 4.89. The zero-order valence-corrected chi connectivity index (χ0v) is 9.69. The Bertz CT molecular complexity index is 358. The van der Waals surface area contributed by atoms with E-state index in [-0.39, 0.29) is 0 Å². The Balaban J connectivity index is 2.49. The van der Waals surface area contributed by atoms with Crippen molar-refractivity contribution in [2.45, 2.75) is 19.4 Å². The van der Waals surface area contributed by atoms with Crippen LogP contribution >= 0.6 is 11.6 Å². The van der Waals surface area contributed by atoms with Crippen LogP contribution in [0, 0.1) is 6.92 Å². The summed E-state index contributed by atoms with van der Waals surface area (Å²) in [6, 6.07) is 5.29. The van der Waals surface area contributed by atoms with E-state index >= 15 is 0 Å². The molecular weight excluding hydrogens is 236 g/mol. The van der Waals surface area contributed by atoms with Gasteiger partial charge in [0.1, 0.15) is 6.61 Å². The minimum absolute atomic E-state index is 0.332. The Labute approximate surface area is 98.2 Å². The third-order valence-electron chi connectivity index (χ3n) is 2.24. The van der Waals surface area contributed by atoms with Gasteiger partial charge in [-0.25, -0.2) is 8.78 Å².